The zero-order valence-electron chi connectivity index (χ0n) is 9.15. The number of halogens is 2. The summed E-state index contributed by atoms with van der Waals surface area (Å²) >= 11 is 0. The van der Waals surface area contributed by atoms with E-state index >= 15 is 0 Å². The van der Waals surface area contributed by atoms with Gasteiger partial charge in [-0.3, -0.25) is 0 Å². The summed E-state index contributed by atoms with van der Waals surface area (Å²) in [4.78, 5) is 0. The lowest BCUT2D eigenvalue weighted by Gasteiger charge is -2.03. The minimum absolute atomic E-state index is 0. The van der Waals surface area contributed by atoms with Crippen LogP contribution in [0.1, 0.15) is 12.2 Å². The fraction of sp³-hybridized carbons (Fsp3) is 0.600. The fourth-order valence-corrected chi connectivity index (χ4v) is 1.17. The first-order valence-corrected chi connectivity index (χ1v) is 4.98. The molecule has 6 heteroatoms. The SMILES string of the molecule is Cl.Cl.OCCNCCCNCc1ccco1. The van der Waals surface area contributed by atoms with Crippen molar-refractivity contribution in [2.45, 2.75) is 13.0 Å². The number of hydrogen-bond donors (Lipinski definition) is 3. The highest BCUT2D eigenvalue weighted by molar-refractivity contribution is 5.85. The Hall–Kier alpha value is -0.260. The van der Waals surface area contributed by atoms with Gasteiger partial charge in [0, 0.05) is 6.54 Å². The van der Waals surface area contributed by atoms with E-state index in [9.17, 15) is 0 Å². The second-order valence-corrected chi connectivity index (χ2v) is 3.08. The molecule has 0 aliphatic rings. The summed E-state index contributed by atoms with van der Waals surface area (Å²) in [7, 11) is 0. The molecule has 0 unspecified atom stereocenters. The molecule has 96 valence electrons. The molecule has 0 atom stereocenters. The molecular weight excluding hydrogens is 251 g/mol. The van der Waals surface area contributed by atoms with E-state index < -0.39 is 0 Å². The summed E-state index contributed by atoms with van der Waals surface area (Å²) in [6.07, 6.45) is 2.74. The Morgan fingerprint density at radius 3 is 2.50 bits per heavy atom. The number of rotatable bonds is 8. The summed E-state index contributed by atoms with van der Waals surface area (Å²) in [6.45, 7) is 3.57. The molecule has 1 aromatic rings. The van der Waals surface area contributed by atoms with E-state index in [4.69, 9.17) is 9.52 Å². The third-order valence-corrected chi connectivity index (χ3v) is 1.88. The van der Waals surface area contributed by atoms with E-state index in [0.717, 1.165) is 31.8 Å². The van der Waals surface area contributed by atoms with Crippen molar-refractivity contribution in [1.29, 1.82) is 0 Å². The van der Waals surface area contributed by atoms with Crippen LogP contribution < -0.4 is 10.6 Å². The summed E-state index contributed by atoms with van der Waals surface area (Å²) in [5.74, 6) is 0.966. The van der Waals surface area contributed by atoms with Gasteiger partial charge in [-0.1, -0.05) is 0 Å². The van der Waals surface area contributed by atoms with E-state index in [1.807, 2.05) is 12.1 Å². The van der Waals surface area contributed by atoms with Gasteiger partial charge >= 0.3 is 0 Å². The monoisotopic (exact) mass is 270 g/mol. The summed E-state index contributed by atoms with van der Waals surface area (Å²) in [5.41, 5.74) is 0. The second kappa shape index (κ2) is 12.8. The van der Waals surface area contributed by atoms with Gasteiger partial charge in [0.05, 0.1) is 19.4 Å². The normalized spacial score (nSPS) is 9.31. The molecule has 0 aliphatic heterocycles. The average molecular weight is 271 g/mol. The summed E-state index contributed by atoms with van der Waals surface area (Å²) in [5, 5.41) is 14.9. The molecule has 0 aliphatic carbocycles. The van der Waals surface area contributed by atoms with Crippen LogP contribution in [0.2, 0.25) is 0 Å². The van der Waals surface area contributed by atoms with Gasteiger partial charge in [-0.05, 0) is 31.6 Å². The maximum Gasteiger partial charge on any atom is 0.117 e. The Kier molecular flexibility index (Phi) is 14.5. The van der Waals surface area contributed by atoms with Crippen molar-refractivity contribution in [2.24, 2.45) is 0 Å². The Labute approximate surface area is 109 Å². The van der Waals surface area contributed by atoms with Crippen LogP contribution in [0.3, 0.4) is 0 Å². The third-order valence-electron chi connectivity index (χ3n) is 1.88. The molecule has 16 heavy (non-hydrogen) atoms. The van der Waals surface area contributed by atoms with Crippen LogP contribution in [-0.4, -0.2) is 31.3 Å². The van der Waals surface area contributed by atoms with Crippen LogP contribution in [0.5, 0.6) is 0 Å². The Morgan fingerprint density at radius 2 is 1.88 bits per heavy atom. The molecule has 0 saturated heterocycles. The Bertz CT molecular complexity index is 221. The van der Waals surface area contributed by atoms with Crippen LogP contribution in [0.15, 0.2) is 22.8 Å². The van der Waals surface area contributed by atoms with Crippen molar-refractivity contribution >= 4 is 24.8 Å². The van der Waals surface area contributed by atoms with Gasteiger partial charge in [0.25, 0.3) is 0 Å². The molecule has 1 aromatic heterocycles. The molecule has 3 N–H and O–H groups in total. The van der Waals surface area contributed by atoms with Crippen LogP contribution in [0.25, 0.3) is 0 Å². The first-order valence-electron chi connectivity index (χ1n) is 4.98. The molecule has 0 spiro atoms. The van der Waals surface area contributed by atoms with Gasteiger partial charge in [0.15, 0.2) is 0 Å². The number of hydrogen-bond acceptors (Lipinski definition) is 4. The first-order chi connectivity index (χ1) is 6.93. The van der Waals surface area contributed by atoms with Gasteiger partial charge in [0.1, 0.15) is 5.76 Å². The lowest BCUT2D eigenvalue weighted by molar-refractivity contribution is 0.292. The van der Waals surface area contributed by atoms with Crippen molar-refractivity contribution in [1.82, 2.24) is 10.6 Å². The van der Waals surface area contributed by atoms with E-state index in [-0.39, 0.29) is 31.4 Å². The Balaban J connectivity index is 0. The van der Waals surface area contributed by atoms with Gasteiger partial charge < -0.3 is 20.2 Å². The van der Waals surface area contributed by atoms with Crippen LogP contribution in [0.4, 0.5) is 0 Å². The molecule has 0 bridgehead atoms. The Morgan fingerprint density at radius 1 is 1.12 bits per heavy atom. The van der Waals surface area contributed by atoms with Gasteiger partial charge in [-0.15, -0.1) is 24.8 Å². The van der Waals surface area contributed by atoms with E-state index in [0.29, 0.717) is 6.54 Å². The maximum absolute atomic E-state index is 8.50. The molecule has 0 aromatic carbocycles. The smallest absolute Gasteiger partial charge is 0.117 e. The largest absolute Gasteiger partial charge is 0.468 e. The second-order valence-electron chi connectivity index (χ2n) is 3.08. The number of nitrogens with one attached hydrogen (secondary N) is 2. The van der Waals surface area contributed by atoms with Gasteiger partial charge in [0.2, 0.25) is 0 Å². The lowest BCUT2D eigenvalue weighted by atomic mass is 10.4. The first kappa shape index (κ1) is 18.1. The number of aliphatic hydroxyl groups is 1. The van der Waals surface area contributed by atoms with Gasteiger partial charge in [-0.25, -0.2) is 0 Å². The standard InChI is InChI=1S/C10H18N2O2.2ClH/c13-7-6-11-4-2-5-12-9-10-3-1-8-14-10;;/h1,3,8,11-13H,2,4-7,9H2;2*1H. The lowest BCUT2D eigenvalue weighted by Crippen LogP contribution is -2.23. The topological polar surface area (TPSA) is 57.4 Å². The molecule has 0 amide bonds. The fourth-order valence-electron chi connectivity index (χ4n) is 1.17. The van der Waals surface area contributed by atoms with E-state index in [2.05, 4.69) is 10.6 Å². The van der Waals surface area contributed by atoms with Crippen LogP contribution in [0, 0.1) is 0 Å². The average Bonchev–Trinajstić information content (AvgIpc) is 2.69. The minimum Gasteiger partial charge on any atom is -0.468 e. The molecule has 0 fully saturated rings. The highest BCUT2D eigenvalue weighted by Crippen LogP contribution is 1.97. The summed E-state index contributed by atoms with van der Waals surface area (Å²) < 4.78 is 5.17. The highest BCUT2D eigenvalue weighted by atomic mass is 35.5. The zero-order chi connectivity index (χ0) is 10.1. The molecule has 0 saturated carbocycles. The molecule has 1 rings (SSSR count). The highest BCUT2D eigenvalue weighted by Gasteiger charge is 1.93. The predicted octanol–water partition coefficient (Wildman–Crippen LogP) is 1.18. The maximum atomic E-state index is 8.50. The van der Waals surface area contributed by atoms with Crippen molar-refractivity contribution in [3.05, 3.63) is 24.2 Å². The van der Waals surface area contributed by atoms with E-state index in [1.165, 1.54) is 0 Å². The number of aliphatic hydroxyl groups excluding tert-OH is 1. The molecule has 0 radical (unpaired) electrons. The van der Waals surface area contributed by atoms with Gasteiger partial charge in [-0.2, -0.15) is 0 Å². The third kappa shape index (κ3) is 9.00. The van der Waals surface area contributed by atoms with Crippen molar-refractivity contribution in [3.8, 4) is 0 Å². The minimum atomic E-state index is 0. The van der Waals surface area contributed by atoms with Crippen LogP contribution >= 0.6 is 24.8 Å². The van der Waals surface area contributed by atoms with Crippen LogP contribution in [-0.2, 0) is 6.54 Å². The molecule has 1 heterocycles. The van der Waals surface area contributed by atoms with Crippen molar-refractivity contribution < 1.29 is 9.52 Å². The quantitative estimate of drug-likeness (QED) is 0.622. The summed E-state index contributed by atoms with van der Waals surface area (Å²) in [6, 6.07) is 3.84. The molecular formula is C10H20Cl2N2O2. The predicted molar refractivity (Wildman–Crippen MR) is 69.5 cm³/mol. The molecule has 4 nitrogen and oxygen atoms in total. The van der Waals surface area contributed by atoms with Crippen molar-refractivity contribution in [3.63, 3.8) is 0 Å². The van der Waals surface area contributed by atoms with E-state index in [1.54, 1.807) is 6.26 Å². The zero-order valence-corrected chi connectivity index (χ0v) is 10.8. The number of furan rings is 1. The van der Waals surface area contributed by atoms with Crippen molar-refractivity contribution in [2.75, 3.05) is 26.2 Å².